The fourth-order valence-corrected chi connectivity index (χ4v) is 2.91. The summed E-state index contributed by atoms with van der Waals surface area (Å²) in [4.78, 5) is 25.3. The molecule has 1 unspecified atom stereocenters. The monoisotopic (exact) mass is 267 g/mol. The Hall–Kier alpha value is -0.860. The molecule has 0 saturated carbocycles. The van der Waals surface area contributed by atoms with Crippen molar-refractivity contribution in [2.75, 3.05) is 6.54 Å². The van der Waals surface area contributed by atoms with E-state index in [1.807, 2.05) is 4.90 Å². The van der Waals surface area contributed by atoms with Gasteiger partial charge in [-0.15, -0.1) is 0 Å². The highest BCUT2D eigenvalue weighted by atomic mass is 16.2. The van der Waals surface area contributed by atoms with Crippen molar-refractivity contribution in [1.82, 2.24) is 4.90 Å². The topological polar surface area (TPSA) is 37.4 Å². The number of Topliss-reactive ketones (excluding diaryl/α,β-unsaturated/α-hetero) is 1. The van der Waals surface area contributed by atoms with Gasteiger partial charge in [-0.25, -0.2) is 0 Å². The second-order valence-corrected chi connectivity index (χ2v) is 5.81. The Morgan fingerprint density at radius 3 is 2.47 bits per heavy atom. The first-order valence-electron chi connectivity index (χ1n) is 7.94. The first-order chi connectivity index (χ1) is 9.15. The number of nitrogens with zero attached hydrogens (tertiary/aromatic N) is 1. The van der Waals surface area contributed by atoms with Gasteiger partial charge in [-0.3, -0.25) is 9.59 Å². The molecule has 3 heteroatoms. The minimum Gasteiger partial charge on any atom is -0.339 e. The number of amides is 1. The zero-order chi connectivity index (χ0) is 14.1. The molecule has 1 aliphatic heterocycles. The second-order valence-electron chi connectivity index (χ2n) is 5.81. The zero-order valence-corrected chi connectivity index (χ0v) is 12.6. The first kappa shape index (κ1) is 16.2. The van der Waals surface area contributed by atoms with Crippen molar-refractivity contribution in [2.24, 2.45) is 0 Å². The van der Waals surface area contributed by atoms with Gasteiger partial charge in [0.2, 0.25) is 5.91 Å². The standard InChI is InChI=1S/C16H29NO2/c1-3-4-5-6-7-8-11-16(19)17-12-9-10-15(17)13-14(2)18/h15H,3-13H2,1-2H3. The highest BCUT2D eigenvalue weighted by Gasteiger charge is 2.28. The maximum absolute atomic E-state index is 12.1. The predicted molar refractivity (Wildman–Crippen MR) is 78.0 cm³/mol. The Kier molecular flexibility index (Phi) is 7.76. The van der Waals surface area contributed by atoms with Crippen LogP contribution < -0.4 is 0 Å². The fraction of sp³-hybridized carbons (Fsp3) is 0.875. The van der Waals surface area contributed by atoms with Crippen LogP contribution in [0, 0.1) is 0 Å². The summed E-state index contributed by atoms with van der Waals surface area (Å²) in [5, 5.41) is 0. The molecule has 0 aromatic heterocycles. The average Bonchev–Trinajstić information content (AvgIpc) is 2.80. The van der Waals surface area contributed by atoms with Gasteiger partial charge in [0.25, 0.3) is 0 Å². The molecular formula is C16H29NO2. The van der Waals surface area contributed by atoms with Crippen molar-refractivity contribution in [3.8, 4) is 0 Å². The van der Waals surface area contributed by atoms with E-state index in [0.29, 0.717) is 12.8 Å². The second kappa shape index (κ2) is 9.11. The van der Waals surface area contributed by atoms with Gasteiger partial charge in [0, 0.05) is 25.4 Å². The summed E-state index contributed by atoms with van der Waals surface area (Å²) in [5.74, 6) is 0.462. The summed E-state index contributed by atoms with van der Waals surface area (Å²) in [6.07, 6.45) is 10.5. The SMILES string of the molecule is CCCCCCCCC(=O)N1CCCC1CC(C)=O. The van der Waals surface area contributed by atoms with Crippen LogP contribution in [0.1, 0.15) is 78.1 Å². The van der Waals surface area contributed by atoms with E-state index in [0.717, 1.165) is 32.2 Å². The molecule has 1 rings (SSSR count). The van der Waals surface area contributed by atoms with Crippen LogP contribution in [0.25, 0.3) is 0 Å². The third-order valence-electron chi connectivity index (χ3n) is 3.96. The number of likely N-dealkylation sites (tertiary alicyclic amines) is 1. The van der Waals surface area contributed by atoms with Crippen molar-refractivity contribution in [2.45, 2.75) is 84.1 Å². The number of unbranched alkanes of at least 4 members (excludes halogenated alkanes) is 5. The summed E-state index contributed by atoms with van der Waals surface area (Å²) in [6, 6.07) is 0.185. The number of ketones is 1. The lowest BCUT2D eigenvalue weighted by atomic mass is 10.1. The van der Waals surface area contributed by atoms with Crippen LogP contribution in [-0.2, 0) is 9.59 Å². The van der Waals surface area contributed by atoms with Crippen molar-refractivity contribution >= 4 is 11.7 Å². The van der Waals surface area contributed by atoms with Crippen LogP contribution in [0.4, 0.5) is 0 Å². The van der Waals surface area contributed by atoms with Crippen LogP contribution in [0.3, 0.4) is 0 Å². The molecule has 0 spiro atoms. The van der Waals surface area contributed by atoms with E-state index >= 15 is 0 Å². The summed E-state index contributed by atoms with van der Waals surface area (Å²) in [6.45, 7) is 4.69. The molecule has 3 nitrogen and oxygen atoms in total. The number of rotatable bonds is 9. The zero-order valence-electron chi connectivity index (χ0n) is 12.6. The molecule has 1 atom stereocenters. The number of hydrogen-bond acceptors (Lipinski definition) is 2. The van der Waals surface area contributed by atoms with E-state index in [4.69, 9.17) is 0 Å². The van der Waals surface area contributed by atoms with Gasteiger partial charge in [0.05, 0.1) is 0 Å². The molecule has 110 valence electrons. The number of carbonyl (C=O) groups excluding carboxylic acids is 2. The van der Waals surface area contributed by atoms with E-state index in [-0.39, 0.29) is 17.7 Å². The number of carbonyl (C=O) groups is 2. The average molecular weight is 267 g/mol. The van der Waals surface area contributed by atoms with Crippen LogP contribution >= 0.6 is 0 Å². The normalized spacial score (nSPS) is 18.8. The largest absolute Gasteiger partial charge is 0.339 e. The van der Waals surface area contributed by atoms with Gasteiger partial charge >= 0.3 is 0 Å². The lowest BCUT2D eigenvalue weighted by Crippen LogP contribution is -2.36. The lowest BCUT2D eigenvalue weighted by Gasteiger charge is -2.24. The minimum atomic E-state index is 0.185. The molecule has 0 bridgehead atoms. The van der Waals surface area contributed by atoms with Crippen molar-refractivity contribution in [1.29, 1.82) is 0 Å². The van der Waals surface area contributed by atoms with E-state index in [2.05, 4.69) is 6.92 Å². The van der Waals surface area contributed by atoms with Gasteiger partial charge in [-0.1, -0.05) is 39.0 Å². The van der Waals surface area contributed by atoms with Crippen molar-refractivity contribution in [3.05, 3.63) is 0 Å². The highest BCUT2D eigenvalue weighted by Crippen LogP contribution is 2.22. The lowest BCUT2D eigenvalue weighted by molar-refractivity contribution is -0.132. The number of hydrogen-bond donors (Lipinski definition) is 0. The summed E-state index contributed by atoms with van der Waals surface area (Å²) in [5.41, 5.74) is 0. The van der Waals surface area contributed by atoms with E-state index < -0.39 is 0 Å². The molecule has 1 fully saturated rings. The molecule has 1 amide bonds. The summed E-state index contributed by atoms with van der Waals surface area (Å²) < 4.78 is 0. The Morgan fingerprint density at radius 2 is 1.79 bits per heavy atom. The molecule has 0 radical (unpaired) electrons. The Morgan fingerprint density at radius 1 is 1.11 bits per heavy atom. The molecule has 1 heterocycles. The summed E-state index contributed by atoms with van der Waals surface area (Å²) >= 11 is 0. The third-order valence-corrected chi connectivity index (χ3v) is 3.96. The minimum absolute atomic E-state index is 0.185. The third kappa shape index (κ3) is 6.22. The van der Waals surface area contributed by atoms with Crippen LogP contribution in [-0.4, -0.2) is 29.2 Å². The first-order valence-corrected chi connectivity index (χ1v) is 7.94. The molecule has 1 aliphatic rings. The molecule has 0 aromatic carbocycles. The van der Waals surface area contributed by atoms with Crippen molar-refractivity contribution < 1.29 is 9.59 Å². The quantitative estimate of drug-likeness (QED) is 0.597. The molecule has 0 N–H and O–H groups in total. The van der Waals surface area contributed by atoms with Gasteiger partial charge in [-0.05, 0) is 26.2 Å². The molecule has 0 aliphatic carbocycles. The molecule has 19 heavy (non-hydrogen) atoms. The highest BCUT2D eigenvalue weighted by molar-refractivity contribution is 5.80. The maximum atomic E-state index is 12.1. The summed E-state index contributed by atoms with van der Waals surface area (Å²) in [7, 11) is 0. The Balaban J connectivity index is 2.19. The van der Waals surface area contributed by atoms with Gasteiger partial charge < -0.3 is 4.90 Å². The molecule has 1 saturated heterocycles. The Labute approximate surface area is 117 Å². The van der Waals surface area contributed by atoms with Crippen LogP contribution in [0.2, 0.25) is 0 Å². The van der Waals surface area contributed by atoms with E-state index in [1.165, 1.54) is 25.7 Å². The molecular weight excluding hydrogens is 238 g/mol. The molecule has 0 aromatic rings. The van der Waals surface area contributed by atoms with E-state index in [9.17, 15) is 9.59 Å². The Bertz CT molecular complexity index is 288. The fourth-order valence-electron chi connectivity index (χ4n) is 2.91. The van der Waals surface area contributed by atoms with E-state index in [1.54, 1.807) is 6.92 Å². The van der Waals surface area contributed by atoms with Gasteiger partial charge in [-0.2, -0.15) is 0 Å². The van der Waals surface area contributed by atoms with Gasteiger partial charge in [0.15, 0.2) is 0 Å². The smallest absolute Gasteiger partial charge is 0.222 e. The van der Waals surface area contributed by atoms with Crippen molar-refractivity contribution in [3.63, 3.8) is 0 Å². The van der Waals surface area contributed by atoms with Crippen LogP contribution in [0.15, 0.2) is 0 Å². The predicted octanol–water partition coefficient (Wildman–Crippen LogP) is 3.71. The van der Waals surface area contributed by atoms with Gasteiger partial charge in [0.1, 0.15) is 5.78 Å². The maximum Gasteiger partial charge on any atom is 0.222 e. The van der Waals surface area contributed by atoms with Crippen LogP contribution in [0.5, 0.6) is 0 Å².